The lowest BCUT2D eigenvalue weighted by Gasteiger charge is -2.04. The molecule has 3 N–H and O–H groups in total. The third-order valence-electron chi connectivity index (χ3n) is 3.41. The van der Waals surface area contributed by atoms with Crippen LogP contribution in [-0.2, 0) is 16.4 Å². The summed E-state index contributed by atoms with van der Waals surface area (Å²) in [5, 5.41) is 7.50. The molecule has 1 saturated carbocycles. The third-order valence-corrected chi connectivity index (χ3v) is 4.55. The Hall–Kier alpha value is -2.02. The Bertz CT molecular complexity index is 749. The van der Waals surface area contributed by atoms with Crippen molar-refractivity contribution in [3.63, 3.8) is 0 Å². The van der Waals surface area contributed by atoms with Crippen LogP contribution >= 0.6 is 0 Å². The normalized spacial score (nSPS) is 15.1. The fourth-order valence-electron chi connectivity index (χ4n) is 2.22. The van der Waals surface area contributed by atoms with E-state index >= 15 is 0 Å². The molecule has 0 saturated heterocycles. The molecule has 1 aromatic heterocycles. The number of hydrogen-bond donors (Lipinski definition) is 2. The van der Waals surface area contributed by atoms with Crippen molar-refractivity contribution >= 4 is 21.5 Å². The zero-order valence-corrected chi connectivity index (χ0v) is 12.6. The van der Waals surface area contributed by atoms with Gasteiger partial charge < -0.3 is 11.1 Å². The third kappa shape index (κ3) is 3.02. The molecule has 0 atom stereocenters. The summed E-state index contributed by atoms with van der Waals surface area (Å²) >= 11 is 0. The summed E-state index contributed by atoms with van der Waals surface area (Å²) in [4.78, 5) is 0.102. The fourth-order valence-corrected chi connectivity index (χ4v) is 3.15. The van der Waals surface area contributed by atoms with Gasteiger partial charge in [-0.3, -0.25) is 0 Å². The number of nitrogens with one attached hydrogen (secondary N) is 1. The molecular weight excluding hydrogens is 288 g/mol. The quantitative estimate of drug-likeness (QED) is 0.873. The van der Waals surface area contributed by atoms with E-state index in [0.29, 0.717) is 18.4 Å². The largest absolute Gasteiger partial charge is 0.383 e. The first kappa shape index (κ1) is 13.9. The van der Waals surface area contributed by atoms with Crippen molar-refractivity contribution in [2.75, 3.05) is 17.3 Å². The standard InChI is InChI=1S/C14H18N4O2S/c1-21(19,20)12-13(15)18(9-10-5-3-2-4-6-10)17-14(12)16-11-7-8-11/h2-6,11H,7-9,15H2,1H3,(H,16,17). The highest BCUT2D eigenvalue weighted by atomic mass is 32.2. The molecule has 1 fully saturated rings. The molecular formula is C14H18N4O2S. The Morgan fingerprint density at radius 2 is 2.00 bits per heavy atom. The van der Waals surface area contributed by atoms with Crippen LogP contribution in [0.3, 0.4) is 0 Å². The van der Waals surface area contributed by atoms with Crippen molar-refractivity contribution in [2.45, 2.75) is 30.3 Å². The molecule has 1 aliphatic rings. The van der Waals surface area contributed by atoms with E-state index in [-0.39, 0.29) is 10.7 Å². The van der Waals surface area contributed by atoms with E-state index in [2.05, 4.69) is 10.4 Å². The minimum absolute atomic E-state index is 0.102. The van der Waals surface area contributed by atoms with Gasteiger partial charge in [-0.1, -0.05) is 30.3 Å². The summed E-state index contributed by atoms with van der Waals surface area (Å²) in [5.74, 6) is 0.554. The molecule has 112 valence electrons. The molecule has 0 amide bonds. The van der Waals surface area contributed by atoms with Gasteiger partial charge >= 0.3 is 0 Å². The maximum absolute atomic E-state index is 12.0. The van der Waals surface area contributed by atoms with E-state index in [1.54, 1.807) is 0 Å². The van der Waals surface area contributed by atoms with Gasteiger partial charge in [-0.15, -0.1) is 0 Å². The van der Waals surface area contributed by atoms with Crippen LogP contribution in [0, 0.1) is 0 Å². The van der Waals surface area contributed by atoms with Gasteiger partial charge in [-0.05, 0) is 18.4 Å². The van der Waals surface area contributed by atoms with Crippen molar-refractivity contribution < 1.29 is 8.42 Å². The molecule has 0 spiro atoms. The summed E-state index contributed by atoms with van der Waals surface area (Å²) in [6, 6.07) is 10.00. The van der Waals surface area contributed by atoms with Crippen LogP contribution in [0.15, 0.2) is 35.2 Å². The van der Waals surface area contributed by atoms with Crippen LogP contribution in [-0.4, -0.2) is 30.5 Å². The summed E-state index contributed by atoms with van der Waals surface area (Å²) in [7, 11) is -3.42. The van der Waals surface area contributed by atoms with Crippen LogP contribution in [0.4, 0.5) is 11.6 Å². The second-order valence-corrected chi connectivity index (χ2v) is 7.35. The summed E-state index contributed by atoms with van der Waals surface area (Å²) < 4.78 is 25.5. The van der Waals surface area contributed by atoms with Gasteiger partial charge in [0, 0.05) is 12.3 Å². The number of sulfone groups is 1. The van der Waals surface area contributed by atoms with Crippen molar-refractivity contribution in [1.82, 2.24) is 9.78 Å². The number of nitrogens with two attached hydrogens (primary N) is 1. The van der Waals surface area contributed by atoms with Crippen molar-refractivity contribution in [3.8, 4) is 0 Å². The summed E-state index contributed by atoms with van der Waals surface area (Å²) in [6.07, 6.45) is 3.23. The van der Waals surface area contributed by atoms with Gasteiger partial charge in [0.15, 0.2) is 20.6 Å². The molecule has 0 unspecified atom stereocenters. The predicted molar refractivity (Wildman–Crippen MR) is 81.9 cm³/mol. The minimum atomic E-state index is -3.42. The lowest BCUT2D eigenvalue weighted by Crippen LogP contribution is -2.08. The van der Waals surface area contributed by atoms with Gasteiger partial charge in [0.2, 0.25) is 0 Å². The Labute approximate surface area is 123 Å². The second-order valence-electron chi connectivity index (χ2n) is 5.40. The van der Waals surface area contributed by atoms with E-state index in [1.165, 1.54) is 4.68 Å². The highest BCUT2D eigenvalue weighted by Crippen LogP contribution is 2.32. The highest BCUT2D eigenvalue weighted by molar-refractivity contribution is 7.91. The molecule has 6 nitrogen and oxygen atoms in total. The van der Waals surface area contributed by atoms with Crippen molar-refractivity contribution in [2.24, 2.45) is 0 Å². The average molecular weight is 306 g/mol. The van der Waals surface area contributed by atoms with Crippen molar-refractivity contribution in [1.29, 1.82) is 0 Å². The van der Waals surface area contributed by atoms with Gasteiger partial charge in [0.1, 0.15) is 5.82 Å². The van der Waals surface area contributed by atoms with Crippen LogP contribution in [0.5, 0.6) is 0 Å². The van der Waals surface area contributed by atoms with E-state index in [9.17, 15) is 8.42 Å². The number of aromatic nitrogens is 2. The smallest absolute Gasteiger partial charge is 0.182 e. The van der Waals surface area contributed by atoms with E-state index in [4.69, 9.17) is 5.73 Å². The Balaban J connectivity index is 1.99. The average Bonchev–Trinajstić information content (AvgIpc) is 3.15. The number of nitrogens with zero attached hydrogens (tertiary/aromatic N) is 2. The van der Waals surface area contributed by atoms with Crippen LogP contribution < -0.4 is 11.1 Å². The zero-order chi connectivity index (χ0) is 15.0. The second kappa shape index (κ2) is 5.07. The molecule has 1 aromatic carbocycles. The monoisotopic (exact) mass is 306 g/mol. The minimum Gasteiger partial charge on any atom is -0.383 e. The number of benzene rings is 1. The lowest BCUT2D eigenvalue weighted by molar-refractivity contribution is 0.602. The molecule has 0 bridgehead atoms. The molecule has 1 heterocycles. The van der Waals surface area contributed by atoms with Crippen LogP contribution in [0.2, 0.25) is 0 Å². The molecule has 0 aliphatic heterocycles. The summed E-state index contributed by atoms with van der Waals surface area (Å²) in [5.41, 5.74) is 7.03. The zero-order valence-electron chi connectivity index (χ0n) is 11.8. The van der Waals surface area contributed by atoms with Crippen LogP contribution in [0.1, 0.15) is 18.4 Å². The molecule has 21 heavy (non-hydrogen) atoms. The highest BCUT2D eigenvalue weighted by Gasteiger charge is 2.29. The molecule has 1 aliphatic carbocycles. The van der Waals surface area contributed by atoms with Gasteiger partial charge in [-0.25, -0.2) is 13.1 Å². The first-order valence-electron chi connectivity index (χ1n) is 6.82. The van der Waals surface area contributed by atoms with E-state index in [1.807, 2.05) is 30.3 Å². The SMILES string of the molecule is CS(=O)(=O)c1c(NC2CC2)nn(Cc2ccccc2)c1N. The number of anilines is 2. The number of rotatable bonds is 5. The van der Waals surface area contributed by atoms with Crippen LogP contribution in [0.25, 0.3) is 0 Å². The first-order valence-corrected chi connectivity index (χ1v) is 8.71. The Morgan fingerprint density at radius 3 is 2.57 bits per heavy atom. The van der Waals surface area contributed by atoms with Crippen molar-refractivity contribution in [3.05, 3.63) is 35.9 Å². The number of hydrogen-bond acceptors (Lipinski definition) is 5. The maximum Gasteiger partial charge on any atom is 0.182 e. The Kier molecular flexibility index (Phi) is 3.36. The molecule has 7 heteroatoms. The van der Waals surface area contributed by atoms with Gasteiger partial charge in [0.05, 0.1) is 6.54 Å². The van der Waals surface area contributed by atoms with Gasteiger partial charge in [0.25, 0.3) is 0 Å². The number of nitrogen functional groups attached to an aromatic ring is 1. The first-order chi connectivity index (χ1) is 9.95. The fraction of sp³-hybridized carbons (Fsp3) is 0.357. The molecule has 2 aromatic rings. The molecule has 3 rings (SSSR count). The van der Waals surface area contributed by atoms with Gasteiger partial charge in [-0.2, -0.15) is 5.10 Å². The van der Waals surface area contributed by atoms with E-state index < -0.39 is 9.84 Å². The summed E-state index contributed by atoms with van der Waals surface area (Å²) in [6.45, 7) is 0.446. The topological polar surface area (TPSA) is 90.0 Å². The lowest BCUT2D eigenvalue weighted by atomic mass is 10.2. The predicted octanol–water partition coefficient (Wildman–Crippen LogP) is 1.49. The Morgan fingerprint density at radius 1 is 1.33 bits per heavy atom. The maximum atomic E-state index is 12.0. The van der Waals surface area contributed by atoms with E-state index in [0.717, 1.165) is 24.7 Å². The molecule has 0 radical (unpaired) electrons.